The number of aromatic nitrogens is 1. The summed E-state index contributed by atoms with van der Waals surface area (Å²) in [6.45, 7) is 0. The summed E-state index contributed by atoms with van der Waals surface area (Å²) in [4.78, 5) is 15.3. The maximum Gasteiger partial charge on any atom is 0.228 e. The lowest BCUT2D eigenvalue weighted by Crippen LogP contribution is -2.14. The van der Waals surface area contributed by atoms with Crippen LogP contribution in [0.3, 0.4) is 0 Å². The van der Waals surface area contributed by atoms with E-state index in [0.717, 1.165) is 26.6 Å². The SMILES string of the molecule is O=C(Cc1c[nH]c2ccc(Cl)cc12)Nc1ccccc1Br. The van der Waals surface area contributed by atoms with Crippen molar-refractivity contribution in [1.29, 1.82) is 0 Å². The van der Waals surface area contributed by atoms with Gasteiger partial charge in [0.05, 0.1) is 12.1 Å². The second kappa shape index (κ2) is 5.92. The molecule has 106 valence electrons. The van der Waals surface area contributed by atoms with Crippen LogP contribution in [0, 0.1) is 0 Å². The van der Waals surface area contributed by atoms with Gasteiger partial charge in [0.1, 0.15) is 0 Å². The molecular formula is C16H12BrClN2O. The van der Waals surface area contributed by atoms with Gasteiger partial charge in [-0.15, -0.1) is 0 Å². The smallest absolute Gasteiger partial charge is 0.228 e. The molecule has 3 nitrogen and oxygen atoms in total. The number of anilines is 1. The molecule has 0 atom stereocenters. The summed E-state index contributed by atoms with van der Waals surface area (Å²) in [5.41, 5.74) is 2.67. The largest absolute Gasteiger partial charge is 0.361 e. The molecule has 0 fully saturated rings. The highest BCUT2D eigenvalue weighted by Crippen LogP contribution is 2.24. The van der Waals surface area contributed by atoms with Crippen LogP contribution in [0.25, 0.3) is 10.9 Å². The third-order valence-corrected chi connectivity index (χ3v) is 4.16. The van der Waals surface area contributed by atoms with Gasteiger partial charge in [-0.3, -0.25) is 4.79 Å². The first-order valence-corrected chi connectivity index (χ1v) is 7.60. The molecule has 5 heteroatoms. The summed E-state index contributed by atoms with van der Waals surface area (Å²) in [7, 11) is 0. The number of amides is 1. The van der Waals surface area contributed by atoms with Crippen LogP contribution in [0.15, 0.2) is 53.1 Å². The number of nitrogens with one attached hydrogen (secondary N) is 2. The van der Waals surface area contributed by atoms with Crippen molar-refractivity contribution in [1.82, 2.24) is 4.98 Å². The Kier molecular flexibility index (Phi) is 3.99. The third-order valence-electron chi connectivity index (χ3n) is 3.23. The van der Waals surface area contributed by atoms with Gasteiger partial charge in [0.2, 0.25) is 5.91 Å². The number of H-pyrrole nitrogens is 1. The molecule has 0 spiro atoms. The lowest BCUT2D eigenvalue weighted by Gasteiger charge is -2.06. The van der Waals surface area contributed by atoms with Crippen LogP contribution < -0.4 is 5.32 Å². The minimum atomic E-state index is -0.0669. The van der Waals surface area contributed by atoms with Crippen molar-refractivity contribution < 1.29 is 4.79 Å². The second-order valence-electron chi connectivity index (χ2n) is 4.71. The Morgan fingerprint density at radius 1 is 1.24 bits per heavy atom. The summed E-state index contributed by atoms with van der Waals surface area (Å²) in [6.07, 6.45) is 2.14. The lowest BCUT2D eigenvalue weighted by molar-refractivity contribution is -0.115. The van der Waals surface area contributed by atoms with Crippen LogP contribution in [-0.2, 0) is 11.2 Å². The maximum absolute atomic E-state index is 12.2. The van der Waals surface area contributed by atoms with Crippen molar-refractivity contribution in [2.75, 3.05) is 5.32 Å². The number of para-hydroxylation sites is 1. The molecule has 21 heavy (non-hydrogen) atoms. The van der Waals surface area contributed by atoms with E-state index in [2.05, 4.69) is 26.2 Å². The number of carbonyl (C=O) groups excluding carboxylic acids is 1. The average Bonchev–Trinajstić information content (AvgIpc) is 2.84. The lowest BCUT2D eigenvalue weighted by atomic mass is 10.1. The number of hydrogen-bond donors (Lipinski definition) is 2. The average molecular weight is 364 g/mol. The van der Waals surface area contributed by atoms with Crippen molar-refractivity contribution in [3.63, 3.8) is 0 Å². The molecule has 1 aromatic heterocycles. The molecule has 3 rings (SSSR count). The number of fused-ring (bicyclic) bond motifs is 1. The Morgan fingerprint density at radius 3 is 2.86 bits per heavy atom. The first kappa shape index (κ1) is 14.2. The summed E-state index contributed by atoms with van der Waals surface area (Å²) < 4.78 is 0.861. The number of benzene rings is 2. The van der Waals surface area contributed by atoms with Gasteiger partial charge in [0.25, 0.3) is 0 Å². The number of hydrogen-bond acceptors (Lipinski definition) is 1. The Labute approximate surface area is 135 Å². The van der Waals surface area contributed by atoms with E-state index in [1.165, 1.54) is 0 Å². The molecule has 3 aromatic rings. The van der Waals surface area contributed by atoms with Crippen LogP contribution in [0.5, 0.6) is 0 Å². The molecule has 0 aliphatic heterocycles. The monoisotopic (exact) mass is 362 g/mol. The Hall–Kier alpha value is -1.78. The topological polar surface area (TPSA) is 44.9 Å². The number of halogens is 2. The molecule has 0 aliphatic rings. The number of rotatable bonds is 3. The highest BCUT2D eigenvalue weighted by atomic mass is 79.9. The van der Waals surface area contributed by atoms with Crippen molar-refractivity contribution in [3.05, 3.63) is 63.7 Å². The molecule has 2 aromatic carbocycles. The first-order valence-electron chi connectivity index (χ1n) is 6.43. The normalized spacial score (nSPS) is 10.8. The summed E-state index contributed by atoms with van der Waals surface area (Å²) in [6, 6.07) is 13.1. The van der Waals surface area contributed by atoms with Crippen molar-refractivity contribution in [3.8, 4) is 0 Å². The van der Waals surface area contributed by atoms with E-state index in [9.17, 15) is 4.79 Å². The number of aromatic amines is 1. The molecule has 1 heterocycles. The second-order valence-corrected chi connectivity index (χ2v) is 6.00. The predicted octanol–water partition coefficient (Wildman–Crippen LogP) is 4.77. The third kappa shape index (κ3) is 3.12. The molecule has 0 saturated heterocycles. The molecule has 0 aliphatic carbocycles. The molecule has 1 amide bonds. The molecule has 0 radical (unpaired) electrons. The zero-order chi connectivity index (χ0) is 14.8. The zero-order valence-electron chi connectivity index (χ0n) is 11.0. The van der Waals surface area contributed by atoms with Crippen molar-refractivity contribution >= 4 is 50.0 Å². The summed E-state index contributed by atoms with van der Waals surface area (Å²) in [5, 5.41) is 4.53. The molecule has 0 unspecified atom stereocenters. The van der Waals surface area contributed by atoms with Crippen molar-refractivity contribution in [2.45, 2.75) is 6.42 Å². The van der Waals surface area contributed by atoms with Gasteiger partial charge < -0.3 is 10.3 Å². The van der Waals surface area contributed by atoms with Gasteiger partial charge >= 0.3 is 0 Å². The fourth-order valence-corrected chi connectivity index (χ4v) is 2.78. The van der Waals surface area contributed by atoms with Crippen LogP contribution in [0.1, 0.15) is 5.56 Å². The maximum atomic E-state index is 12.2. The van der Waals surface area contributed by atoms with Gasteiger partial charge in [0, 0.05) is 26.6 Å². The van der Waals surface area contributed by atoms with Crippen LogP contribution >= 0.6 is 27.5 Å². The minimum absolute atomic E-state index is 0.0669. The standard InChI is InChI=1S/C16H12BrClN2O/c17-13-3-1-2-4-15(13)20-16(21)7-10-9-19-14-6-5-11(18)8-12(10)14/h1-6,8-9,19H,7H2,(H,20,21). The van der Waals surface area contributed by atoms with E-state index < -0.39 is 0 Å². The molecular weight excluding hydrogens is 352 g/mol. The van der Waals surface area contributed by atoms with E-state index >= 15 is 0 Å². The van der Waals surface area contributed by atoms with E-state index in [-0.39, 0.29) is 5.91 Å². The predicted molar refractivity (Wildman–Crippen MR) is 89.8 cm³/mol. The number of carbonyl (C=O) groups is 1. The van der Waals surface area contributed by atoms with Gasteiger partial charge in [-0.25, -0.2) is 0 Å². The van der Waals surface area contributed by atoms with Gasteiger partial charge in [-0.2, -0.15) is 0 Å². The molecule has 0 saturated carbocycles. The highest BCUT2D eigenvalue weighted by molar-refractivity contribution is 9.10. The van der Waals surface area contributed by atoms with E-state index in [1.807, 2.05) is 48.7 Å². The van der Waals surface area contributed by atoms with Gasteiger partial charge in [-0.1, -0.05) is 23.7 Å². The summed E-state index contributed by atoms with van der Waals surface area (Å²) in [5.74, 6) is -0.0669. The van der Waals surface area contributed by atoms with Crippen LogP contribution in [0.2, 0.25) is 5.02 Å². The van der Waals surface area contributed by atoms with Gasteiger partial charge in [-0.05, 0) is 51.8 Å². The first-order chi connectivity index (χ1) is 10.1. The Balaban J connectivity index is 1.80. The fourth-order valence-electron chi connectivity index (χ4n) is 2.23. The molecule has 2 N–H and O–H groups in total. The fraction of sp³-hybridized carbons (Fsp3) is 0.0625. The van der Waals surface area contributed by atoms with E-state index in [0.29, 0.717) is 11.4 Å². The van der Waals surface area contributed by atoms with Gasteiger partial charge in [0.15, 0.2) is 0 Å². The summed E-state index contributed by atoms with van der Waals surface area (Å²) >= 11 is 9.43. The Morgan fingerprint density at radius 2 is 2.05 bits per heavy atom. The highest BCUT2D eigenvalue weighted by Gasteiger charge is 2.10. The van der Waals surface area contributed by atoms with E-state index in [4.69, 9.17) is 11.6 Å². The molecule has 0 bridgehead atoms. The quantitative estimate of drug-likeness (QED) is 0.692. The zero-order valence-corrected chi connectivity index (χ0v) is 13.3. The van der Waals surface area contributed by atoms with E-state index in [1.54, 1.807) is 0 Å². The van der Waals surface area contributed by atoms with Crippen LogP contribution in [-0.4, -0.2) is 10.9 Å². The minimum Gasteiger partial charge on any atom is -0.361 e. The van der Waals surface area contributed by atoms with Crippen LogP contribution in [0.4, 0.5) is 5.69 Å². The Bertz CT molecular complexity index is 813. The van der Waals surface area contributed by atoms with Crippen molar-refractivity contribution in [2.24, 2.45) is 0 Å².